The Hall–Kier alpha value is -1.61. The first-order valence-electron chi connectivity index (χ1n) is 6.44. The van der Waals surface area contributed by atoms with Crippen LogP contribution in [0.5, 0.6) is 0 Å². The van der Waals surface area contributed by atoms with Crippen LogP contribution in [-0.4, -0.2) is 24.6 Å². The molecular weight excluding hydrogens is 222 g/mol. The maximum atomic E-state index is 4.49. The number of hydrogen-bond acceptors (Lipinski definition) is 3. The minimum atomic E-state index is 0.784. The highest BCUT2D eigenvalue weighted by Crippen LogP contribution is 2.11. The van der Waals surface area contributed by atoms with E-state index in [1.165, 1.54) is 5.56 Å². The zero-order chi connectivity index (χ0) is 13.2. The second kappa shape index (κ2) is 8.48. The van der Waals surface area contributed by atoms with Gasteiger partial charge in [-0.2, -0.15) is 0 Å². The van der Waals surface area contributed by atoms with E-state index in [4.69, 9.17) is 0 Å². The van der Waals surface area contributed by atoms with Gasteiger partial charge in [0.15, 0.2) is 0 Å². The van der Waals surface area contributed by atoms with Gasteiger partial charge in [-0.25, -0.2) is 4.98 Å². The second-order valence-electron chi connectivity index (χ2n) is 4.18. The zero-order valence-corrected chi connectivity index (χ0v) is 11.2. The maximum Gasteiger partial charge on any atom is 0.129 e. The van der Waals surface area contributed by atoms with Crippen LogP contribution < -0.4 is 10.2 Å². The summed E-state index contributed by atoms with van der Waals surface area (Å²) in [6.07, 6.45) is 6.83. The van der Waals surface area contributed by atoms with Crippen LogP contribution in [0.1, 0.15) is 18.9 Å². The molecule has 0 spiro atoms. The van der Waals surface area contributed by atoms with Gasteiger partial charge >= 0.3 is 0 Å². The summed E-state index contributed by atoms with van der Waals surface area (Å²) in [5.41, 5.74) is 1.21. The van der Waals surface area contributed by atoms with E-state index in [2.05, 4.69) is 47.4 Å². The molecule has 0 radical (unpaired) electrons. The van der Waals surface area contributed by atoms with Crippen LogP contribution in [-0.2, 0) is 6.54 Å². The number of anilines is 1. The van der Waals surface area contributed by atoms with Gasteiger partial charge in [0.2, 0.25) is 0 Å². The lowest BCUT2D eigenvalue weighted by Gasteiger charge is -2.20. The van der Waals surface area contributed by atoms with E-state index < -0.39 is 0 Å². The van der Waals surface area contributed by atoms with Crippen molar-refractivity contribution in [2.24, 2.45) is 0 Å². The molecule has 0 amide bonds. The first kappa shape index (κ1) is 14.5. The molecule has 3 nitrogen and oxygen atoms in total. The summed E-state index contributed by atoms with van der Waals surface area (Å²) < 4.78 is 0. The number of nitrogens with zero attached hydrogens (tertiary/aromatic N) is 2. The average molecular weight is 245 g/mol. The van der Waals surface area contributed by atoms with Crippen molar-refractivity contribution in [3.8, 4) is 0 Å². The van der Waals surface area contributed by atoms with Crippen LogP contribution >= 0.6 is 0 Å². The average Bonchev–Trinajstić information content (AvgIpc) is 2.40. The molecule has 1 heterocycles. The Morgan fingerprint density at radius 1 is 1.28 bits per heavy atom. The molecule has 0 aliphatic carbocycles. The van der Waals surface area contributed by atoms with Gasteiger partial charge in [-0.05, 0) is 24.6 Å². The Balaban J connectivity index is 2.61. The molecule has 1 N–H and O–H groups in total. The first-order valence-corrected chi connectivity index (χ1v) is 6.44. The topological polar surface area (TPSA) is 28.2 Å². The van der Waals surface area contributed by atoms with E-state index in [1.807, 2.05) is 18.3 Å². The van der Waals surface area contributed by atoms with Gasteiger partial charge in [-0.3, -0.25) is 0 Å². The fraction of sp³-hybridized carbons (Fsp3) is 0.400. The maximum absolute atomic E-state index is 4.49. The summed E-state index contributed by atoms with van der Waals surface area (Å²) in [5, 5.41) is 3.36. The second-order valence-corrected chi connectivity index (χ2v) is 4.18. The van der Waals surface area contributed by atoms with Gasteiger partial charge in [0.05, 0.1) is 0 Å². The molecule has 98 valence electrons. The van der Waals surface area contributed by atoms with Crippen LogP contribution in [0, 0.1) is 0 Å². The van der Waals surface area contributed by atoms with Crippen LogP contribution in [0.2, 0.25) is 0 Å². The van der Waals surface area contributed by atoms with E-state index >= 15 is 0 Å². The summed E-state index contributed by atoms with van der Waals surface area (Å²) >= 11 is 0. The van der Waals surface area contributed by atoms with Crippen molar-refractivity contribution in [1.82, 2.24) is 10.3 Å². The number of rotatable bonds is 9. The van der Waals surface area contributed by atoms with Crippen LogP contribution in [0.4, 0.5) is 5.82 Å². The Labute approximate surface area is 110 Å². The van der Waals surface area contributed by atoms with E-state index in [0.717, 1.165) is 38.4 Å². The van der Waals surface area contributed by atoms with Gasteiger partial charge in [0, 0.05) is 25.8 Å². The van der Waals surface area contributed by atoms with Crippen LogP contribution in [0.3, 0.4) is 0 Å². The summed E-state index contributed by atoms with van der Waals surface area (Å²) in [5.74, 6) is 0.967. The predicted octanol–water partition coefficient (Wildman–Crippen LogP) is 2.76. The van der Waals surface area contributed by atoms with Crippen molar-refractivity contribution in [3.05, 3.63) is 49.2 Å². The monoisotopic (exact) mass is 245 g/mol. The van der Waals surface area contributed by atoms with E-state index in [0.29, 0.717) is 0 Å². The molecule has 0 atom stereocenters. The lowest BCUT2D eigenvalue weighted by molar-refractivity contribution is 0.674. The normalized spacial score (nSPS) is 10.1. The number of hydrogen-bond donors (Lipinski definition) is 1. The van der Waals surface area contributed by atoms with E-state index in [1.54, 1.807) is 0 Å². The standard InChI is InChI=1S/C15H23N3/c1-4-9-16-12-14-7-8-15(17-13-14)18(10-5-2)11-6-3/h5-8,13,16H,2-4,9-12H2,1H3. The molecule has 1 aromatic heterocycles. The van der Waals surface area contributed by atoms with Gasteiger partial charge in [-0.1, -0.05) is 25.1 Å². The third kappa shape index (κ3) is 4.72. The Morgan fingerprint density at radius 3 is 2.50 bits per heavy atom. The molecule has 0 aromatic carbocycles. The first-order chi connectivity index (χ1) is 8.81. The molecule has 1 aromatic rings. The summed E-state index contributed by atoms with van der Waals surface area (Å²) in [4.78, 5) is 6.61. The van der Waals surface area contributed by atoms with Gasteiger partial charge in [-0.15, -0.1) is 13.2 Å². The Morgan fingerprint density at radius 2 is 2.00 bits per heavy atom. The SMILES string of the molecule is C=CCN(CC=C)c1ccc(CNCCC)cn1. The van der Waals surface area contributed by atoms with Crippen molar-refractivity contribution in [1.29, 1.82) is 0 Å². The molecule has 3 heteroatoms. The highest BCUT2D eigenvalue weighted by Gasteiger charge is 2.03. The molecule has 0 aliphatic rings. The molecule has 0 saturated heterocycles. The third-order valence-electron chi connectivity index (χ3n) is 2.59. The molecule has 0 fully saturated rings. The lowest BCUT2D eigenvalue weighted by Crippen LogP contribution is -2.24. The van der Waals surface area contributed by atoms with E-state index in [-0.39, 0.29) is 0 Å². The van der Waals surface area contributed by atoms with Crippen molar-refractivity contribution >= 4 is 5.82 Å². The fourth-order valence-corrected chi connectivity index (χ4v) is 1.69. The van der Waals surface area contributed by atoms with Crippen LogP contribution in [0.25, 0.3) is 0 Å². The third-order valence-corrected chi connectivity index (χ3v) is 2.59. The number of pyridine rings is 1. The molecule has 1 rings (SSSR count). The van der Waals surface area contributed by atoms with Gasteiger partial charge in [0.25, 0.3) is 0 Å². The lowest BCUT2D eigenvalue weighted by atomic mass is 10.2. The molecular formula is C15H23N3. The highest BCUT2D eigenvalue weighted by molar-refractivity contribution is 5.40. The van der Waals surface area contributed by atoms with Crippen LogP contribution in [0.15, 0.2) is 43.6 Å². The Kier molecular flexibility index (Phi) is 6.81. The Bertz CT molecular complexity index is 347. The molecule has 0 saturated carbocycles. The van der Waals surface area contributed by atoms with Crippen molar-refractivity contribution in [2.45, 2.75) is 19.9 Å². The van der Waals surface area contributed by atoms with Gasteiger partial charge < -0.3 is 10.2 Å². The molecule has 0 aliphatic heterocycles. The summed E-state index contributed by atoms with van der Waals surface area (Å²) in [6.45, 7) is 13.2. The predicted molar refractivity (Wildman–Crippen MR) is 78.8 cm³/mol. The largest absolute Gasteiger partial charge is 0.349 e. The summed E-state index contributed by atoms with van der Waals surface area (Å²) in [7, 11) is 0. The number of aromatic nitrogens is 1. The minimum Gasteiger partial charge on any atom is -0.349 e. The van der Waals surface area contributed by atoms with E-state index in [9.17, 15) is 0 Å². The minimum absolute atomic E-state index is 0.784. The molecule has 0 unspecified atom stereocenters. The van der Waals surface area contributed by atoms with Gasteiger partial charge in [0.1, 0.15) is 5.82 Å². The van der Waals surface area contributed by atoms with Crippen molar-refractivity contribution < 1.29 is 0 Å². The van der Waals surface area contributed by atoms with Crippen molar-refractivity contribution in [2.75, 3.05) is 24.5 Å². The smallest absolute Gasteiger partial charge is 0.129 e. The molecule has 18 heavy (non-hydrogen) atoms. The number of nitrogens with one attached hydrogen (secondary N) is 1. The summed E-state index contributed by atoms with van der Waals surface area (Å²) in [6, 6.07) is 4.17. The zero-order valence-electron chi connectivity index (χ0n) is 11.2. The quantitative estimate of drug-likeness (QED) is 0.535. The molecule has 0 bridgehead atoms. The van der Waals surface area contributed by atoms with Crippen molar-refractivity contribution in [3.63, 3.8) is 0 Å². The fourth-order valence-electron chi connectivity index (χ4n) is 1.69. The highest BCUT2D eigenvalue weighted by atomic mass is 15.2.